The third kappa shape index (κ3) is 3.34. The van der Waals surface area contributed by atoms with Crippen molar-refractivity contribution in [1.29, 1.82) is 0 Å². The van der Waals surface area contributed by atoms with Gasteiger partial charge in [-0.05, 0) is 24.7 Å². The molecule has 0 fully saturated rings. The highest BCUT2D eigenvalue weighted by atomic mass is 16.5. The lowest BCUT2D eigenvalue weighted by Crippen LogP contribution is -2.07. The number of imidazole rings is 1. The zero-order valence-electron chi connectivity index (χ0n) is 10.9. The summed E-state index contributed by atoms with van der Waals surface area (Å²) in [4.78, 5) is 4.26. The minimum Gasteiger partial charge on any atom is -0.493 e. The van der Waals surface area contributed by atoms with Crippen LogP contribution >= 0.6 is 0 Å². The first kappa shape index (κ1) is 12.6. The summed E-state index contributed by atoms with van der Waals surface area (Å²) in [5, 5.41) is 3.12. The van der Waals surface area contributed by atoms with E-state index in [2.05, 4.69) is 22.4 Å². The van der Waals surface area contributed by atoms with Crippen LogP contribution in [0.2, 0.25) is 0 Å². The molecule has 1 N–H and O–H groups in total. The van der Waals surface area contributed by atoms with Gasteiger partial charge in [0.15, 0.2) is 0 Å². The normalized spacial score (nSPS) is 10.6. The van der Waals surface area contributed by atoms with Gasteiger partial charge in [-0.3, -0.25) is 0 Å². The Balaban J connectivity index is 1.81. The van der Waals surface area contributed by atoms with E-state index in [1.54, 1.807) is 0 Å². The fourth-order valence-corrected chi connectivity index (χ4v) is 1.81. The van der Waals surface area contributed by atoms with Crippen LogP contribution in [0, 0.1) is 0 Å². The Kier molecular flexibility index (Phi) is 4.36. The SMILES string of the molecule is CNCc1ccc(OCCc2nccn2C)cc1. The molecule has 1 heterocycles. The smallest absolute Gasteiger partial charge is 0.119 e. The van der Waals surface area contributed by atoms with E-state index in [1.165, 1.54) is 5.56 Å². The average Bonchev–Trinajstić information content (AvgIpc) is 2.78. The predicted octanol–water partition coefficient (Wildman–Crippen LogP) is 1.76. The molecule has 0 aliphatic rings. The van der Waals surface area contributed by atoms with Gasteiger partial charge in [0, 0.05) is 32.4 Å². The van der Waals surface area contributed by atoms with Crippen molar-refractivity contribution in [2.75, 3.05) is 13.7 Å². The quantitative estimate of drug-likeness (QED) is 0.843. The highest BCUT2D eigenvalue weighted by Gasteiger charge is 2.00. The molecule has 4 heteroatoms. The first-order chi connectivity index (χ1) is 8.79. The minimum atomic E-state index is 0.649. The van der Waals surface area contributed by atoms with E-state index < -0.39 is 0 Å². The van der Waals surface area contributed by atoms with Gasteiger partial charge in [0.1, 0.15) is 11.6 Å². The molecule has 0 amide bonds. The number of hydrogen-bond acceptors (Lipinski definition) is 3. The standard InChI is InChI=1S/C14H19N3O/c1-15-11-12-3-5-13(6-4-12)18-10-7-14-16-8-9-17(14)2/h3-6,8-9,15H,7,10-11H2,1-2H3. The van der Waals surface area contributed by atoms with Crippen molar-refractivity contribution in [3.63, 3.8) is 0 Å². The zero-order chi connectivity index (χ0) is 12.8. The highest BCUT2D eigenvalue weighted by Crippen LogP contribution is 2.12. The zero-order valence-corrected chi connectivity index (χ0v) is 10.9. The summed E-state index contributed by atoms with van der Waals surface area (Å²) in [6, 6.07) is 8.16. The molecule has 1 aromatic carbocycles. The lowest BCUT2D eigenvalue weighted by atomic mass is 10.2. The molecular weight excluding hydrogens is 226 g/mol. The molecule has 0 bridgehead atoms. The first-order valence-corrected chi connectivity index (χ1v) is 6.12. The fraction of sp³-hybridized carbons (Fsp3) is 0.357. The van der Waals surface area contributed by atoms with Crippen LogP contribution in [0.4, 0.5) is 0 Å². The number of aryl methyl sites for hydroxylation is 1. The van der Waals surface area contributed by atoms with Crippen molar-refractivity contribution >= 4 is 0 Å². The molecule has 2 aromatic rings. The van der Waals surface area contributed by atoms with E-state index in [9.17, 15) is 0 Å². The minimum absolute atomic E-state index is 0.649. The summed E-state index contributed by atoms with van der Waals surface area (Å²) in [6.45, 7) is 1.53. The van der Waals surface area contributed by atoms with Crippen molar-refractivity contribution in [1.82, 2.24) is 14.9 Å². The maximum atomic E-state index is 5.69. The van der Waals surface area contributed by atoms with Crippen molar-refractivity contribution in [2.24, 2.45) is 7.05 Å². The van der Waals surface area contributed by atoms with Crippen molar-refractivity contribution in [3.8, 4) is 5.75 Å². The van der Waals surface area contributed by atoms with Gasteiger partial charge in [-0.1, -0.05) is 12.1 Å². The van der Waals surface area contributed by atoms with Gasteiger partial charge in [0.2, 0.25) is 0 Å². The van der Waals surface area contributed by atoms with Crippen LogP contribution in [-0.4, -0.2) is 23.2 Å². The van der Waals surface area contributed by atoms with E-state index in [1.807, 2.05) is 43.2 Å². The van der Waals surface area contributed by atoms with Crippen LogP contribution in [0.3, 0.4) is 0 Å². The fourth-order valence-electron chi connectivity index (χ4n) is 1.81. The molecule has 0 atom stereocenters. The molecule has 0 unspecified atom stereocenters. The topological polar surface area (TPSA) is 39.1 Å². The van der Waals surface area contributed by atoms with Crippen molar-refractivity contribution in [2.45, 2.75) is 13.0 Å². The van der Waals surface area contributed by atoms with E-state index in [-0.39, 0.29) is 0 Å². The molecule has 4 nitrogen and oxygen atoms in total. The molecule has 0 saturated heterocycles. The summed E-state index contributed by atoms with van der Waals surface area (Å²) >= 11 is 0. The van der Waals surface area contributed by atoms with Crippen LogP contribution < -0.4 is 10.1 Å². The first-order valence-electron chi connectivity index (χ1n) is 6.12. The second kappa shape index (κ2) is 6.21. The molecule has 0 spiro atoms. The van der Waals surface area contributed by atoms with Gasteiger partial charge in [-0.2, -0.15) is 0 Å². The molecule has 18 heavy (non-hydrogen) atoms. The second-order valence-corrected chi connectivity index (χ2v) is 4.23. The van der Waals surface area contributed by atoms with E-state index >= 15 is 0 Å². The Labute approximate surface area is 108 Å². The van der Waals surface area contributed by atoms with Crippen LogP contribution in [0.25, 0.3) is 0 Å². The third-order valence-electron chi connectivity index (χ3n) is 2.82. The number of benzene rings is 1. The van der Waals surface area contributed by atoms with Crippen LogP contribution in [0.15, 0.2) is 36.7 Å². The lowest BCUT2D eigenvalue weighted by Gasteiger charge is -2.07. The largest absolute Gasteiger partial charge is 0.493 e. The Morgan fingerprint density at radius 1 is 1.28 bits per heavy atom. The number of hydrogen-bond donors (Lipinski definition) is 1. The highest BCUT2D eigenvalue weighted by molar-refractivity contribution is 5.27. The summed E-state index contributed by atoms with van der Waals surface area (Å²) in [5.74, 6) is 1.95. The lowest BCUT2D eigenvalue weighted by molar-refractivity contribution is 0.317. The molecule has 1 aromatic heterocycles. The van der Waals surface area contributed by atoms with Crippen molar-refractivity contribution < 1.29 is 4.74 Å². The van der Waals surface area contributed by atoms with Gasteiger partial charge in [-0.15, -0.1) is 0 Å². The van der Waals surface area contributed by atoms with Crippen LogP contribution in [0.5, 0.6) is 5.75 Å². The monoisotopic (exact) mass is 245 g/mol. The maximum absolute atomic E-state index is 5.69. The average molecular weight is 245 g/mol. The van der Waals surface area contributed by atoms with Gasteiger partial charge < -0.3 is 14.6 Å². The number of nitrogens with one attached hydrogen (secondary N) is 1. The second-order valence-electron chi connectivity index (χ2n) is 4.23. The van der Waals surface area contributed by atoms with Crippen LogP contribution in [-0.2, 0) is 20.0 Å². The number of rotatable bonds is 6. The summed E-state index contributed by atoms with van der Waals surface area (Å²) in [7, 11) is 3.94. The molecule has 2 rings (SSSR count). The molecule has 0 radical (unpaired) electrons. The van der Waals surface area contributed by atoms with E-state index in [0.29, 0.717) is 6.61 Å². The molecule has 0 aliphatic heterocycles. The Hall–Kier alpha value is -1.81. The number of aromatic nitrogens is 2. The molecule has 96 valence electrons. The number of ether oxygens (including phenoxy) is 1. The molecule has 0 saturated carbocycles. The van der Waals surface area contributed by atoms with E-state index in [0.717, 1.165) is 24.5 Å². The molecule has 0 aliphatic carbocycles. The van der Waals surface area contributed by atoms with Gasteiger partial charge in [-0.25, -0.2) is 4.98 Å². The van der Waals surface area contributed by atoms with Crippen LogP contribution in [0.1, 0.15) is 11.4 Å². The van der Waals surface area contributed by atoms with Gasteiger partial charge in [0.05, 0.1) is 6.61 Å². The Bertz CT molecular complexity index is 476. The third-order valence-corrected chi connectivity index (χ3v) is 2.82. The van der Waals surface area contributed by atoms with Crippen molar-refractivity contribution in [3.05, 3.63) is 48.0 Å². The van der Waals surface area contributed by atoms with Gasteiger partial charge in [0.25, 0.3) is 0 Å². The predicted molar refractivity (Wildman–Crippen MR) is 71.6 cm³/mol. The number of nitrogens with zero attached hydrogens (tertiary/aromatic N) is 2. The Morgan fingerprint density at radius 3 is 2.67 bits per heavy atom. The van der Waals surface area contributed by atoms with Gasteiger partial charge >= 0.3 is 0 Å². The Morgan fingerprint density at radius 2 is 2.06 bits per heavy atom. The molecular formula is C14H19N3O. The summed E-state index contributed by atoms with van der Waals surface area (Å²) in [5.41, 5.74) is 1.26. The summed E-state index contributed by atoms with van der Waals surface area (Å²) < 4.78 is 7.71. The van der Waals surface area contributed by atoms with E-state index in [4.69, 9.17) is 4.74 Å². The summed E-state index contributed by atoms with van der Waals surface area (Å²) in [6.07, 6.45) is 4.57. The maximum Gasteiger partial charge on any atom is 0.119 e.